The van der Waals surface area contributed by atoms with Crippen molar-refractivity contribution in [3.8, 4) is 5.75 Å². The number of benzene rings is 2. The molecule has 0 aliphatic carbocycles. The van der Waals surface area contributed by atoms with Gasteiger partial charge in [-0.05, 0) is 48.9 Å². The molecule has 0 atom stereocenters. The summed E-state index contributed by atoms with van der Waals surface area (Å²) < 4.78 is 5.58. The molecule has 2 amide bonds. The molecule has 0 saturated carbocycles. The molecule has 1 saturated heterocycles. The fraction of sp³-hybridized carbons (Fsp3) is 0.400. The summed E-state index contributed by atoms with van der Waals surface area (Å²) in [5.41, 5.74) is 2.84. The molecule has 0 unspecified atom stereocenters. The lowest BCUT2D eigenvalue weighted by atomic mass is 10.0. The molecule has 1 heterocycles. The summed E-state index contributed by atoms with van der Waals surface area (Å²) >= 11 is 0. The third-order valence-electron chi connectivity index (χ3n) is 5.38. The molecule has 2 aromatic rings. The van der Waals surface area contributed by atoms with Gasteiger partial charge in [-0.15, -0.1) is 0 Å². The van der Waals surface area contributed by atoms with E-state index >= 15 is 0 Å². The first-order valence-electron chi connectivity index (χ1n) is 11.1. The van der Waals surface area contributed by atoms with E-state index in [9.17, 15) is 14.4 Å². The van der Waals surface area contributed by atoms with E-state index in [-0.39, 0.29) is 18.2 Å². The van der Waals surface area contributed by atoms with Crippen molar-refractivity contribution in [3.63, 3.8) is 0 Å². The Labute approximate surface area is 189 Å². The number of nitrogens with zero attached hydrogens (tertiary/aromatic N) is 1. The van der Waals surface area contributed by atoms with Gasteiger partial charge in [-0.1, -0.05) is 36.4 Å². The Morgan fingerprint density at radius 3 is 2.53 bits per heavy atom. The first kappa shape index (κ1) is 23.5. The van der Waals surface area contributed by atoms with Crippen LogP contribution in [0.25, 0.3) is 0 Å². The number of aryl methyl sites for hydroxylation is 2. The summed E-state index contributed by atoms with van der Waals surface area (Å²) in [6.07, 6.45) is 4.05. The SMILES string of the molecule is CC(=O)Nc1ccc(CCCCc2ccccc2)cc1OC(=O)CCN1CCNCC1=O. The van der Waals surface area contributed by atoms with Gasteiger partial charge < -0.3 is 20.3 Å². The summed E-state index contributed by atoms with van der Waals surface area (Å²) in [6.45, 7) is 3.35. The lowest BCUT2D eigenvalue weighted by Gasteiger charge is -2.26. The molecule has 1 fully saturated rings. The number of hydrogen-bond donors (Lipinski definition) is 2. The normalized spacial score (nSPS) is 13.7. The van der Waals surface area contributed by atoms with Crippen molar-refractivity contribution in [1.29, 1.82) is 0 Å². The van der Waals surface area contributed by atoms with Gasteiger partial charge in [-0.25, -0.2) is 0 Å². The van der Waals surface area contributed by atoms with E-state index in [1.165, 1.54) is 12.5 Å². The highest BCUT2D eigenvalue weighted by atomic mass is 16.5. The van der Waals surface area contributed by atoms with Gasteiger partial charge in [0, 0.05) is 26.6 Å². The van der Waals surface area contributed by atoms with Crippen molar-refractivity contribution in [2.45, 2.75) is 39.0 Å². The molecule has 1 aliphatic rings. The smallest absolute Gasteiger partial charge is 0.313 e. The molecular weight excluding hydrogens is 406 g/mol. The molecule has 2 N–H and O–H groups in total. The van der Waals surface area contributed by atoms with Crippen molar-refractivity contribution in [3.05, 3.63) is 59.7 Å². The Bertz CT molecular complexity index is 930. The highest BCUT2D eigenvalue weighted by molar-refractivity contribution is 5.91. The maximum atomic E-state index is 12.4. The average molecular weight is 438 g/mol. The second-order valence-electron chi connectivity index (χ2n) is 7.99. The highest BCUT2D eigenvalue weighted by Gasteiger charge is 2.19. The van der Waals surface area contributed by atoms with Crippen molar-refractivity contribution in [2.75, 3.05) is 31.5 Å². The summed E-state index contributed by atoms with van der Waals surface area (Å²) in [7, 11) is 0. The van der Waals surface area contributed by atoms with Gasteiger partial charge >= 0.3 is 5.97 Å². The van der Waals surface area contributed by atoms with Crippen LogP contribution in [0, 0.1) is 0 Å². The van der Waals surface area contributed by atoms with Gasteiger partial charge in [-0.3, -0.25) is 14.4 Å². The third-order valence-corrected chi connectivity index (χ3v) is 5.38. The number of rotatable bonds is 10. The van der Waals surface area contributed by atoms with Crippen molar-refractivity contribution in [2.24, 2.45) is 0 Å². The second kappa shape index (κ2) is 12.0. The minimum atomic E-state index is -0.427. The molecule has 7 nitrogen and oxygen atoms in total. The Hall–Kier alpha value is -3.19. The van der Waals surface area contributed by atoms with E-state index < -0.39 is 5.97 Å². The number of unbranched alkanes of at least 4 members (excludes halogenated alkanes) is 1. The molecule has 2 aromatic carbocycles. The van der Waals surface area contributed by atoms with Gasteiger partial charge in [0.05, 0.1) is 18.7 Å². The predicted molar refractivity (Wildman–Crippen MR) is 124 cm³/mol. The summed E-state index contributed by atoms with van der Waals surface area (Å²) in [5, 5.41) is 5.72. The molecule has 170 valence electrons. The Balaban J connectivity index is 1.56. The number of ether oxygens (including phenoxy) is 1. The van der Waals surface area contributed by atoms with Gasteiger partial charge in [0.1, 0.15) is 0 Å². The van der Waals surface area contributed by atoms with Gasteiger partial charge in [0.25, 0.3) is 0 Å². The van der Waals surface area contributed by atoms with Crippen LogP contribution in [0.5, 0.6) is 5.75 Å². The monoisotopic (exact) mass is 437 g/mol. The van der Waals surface area contributed by atoms with Gasteiger partial charge in [-0.2, -0.15) is 0 Å². The minimum absolute atomic E-state index is 0.0134. The Morgan fingerprint density at radius 2 is 1.81 bits per heavy atom. The fourth-order valence-electron chi connectivity index (χ4n) is 3.68. The van der Waals surface area contributed by atoms with Crippen LogP contribution in [0.15, 0.2) is 48.5 Å². The first-order chi connectivity index (χ1) is 15.5. The lowest BCUT2D eigenvalue weighted by Crippen LogP contribution is -2.48. The fourth-order valence-corrected chi connectivity index (χ4v) is 3.68. The van der Waals surface area contributed by atoms with Crippen molar-refractivity contribution >= 4 is 23.5 Å². The number of amides is 2. The molecule has 1 aliphatic heterocycles. The summed E-state index contributed by atoms with van der Waals surface area (Å²) in [6, 6.07) is 15.9. The van der Waals surface area contributed by atoms with Crippen LogP contribution < -0.4 is 15.4 Å². The number of carbonyl (C=O) groups is 3. The van der Waals surface area contributed by atoms with E-state index in [1.807, 2.05) is 18.2 Å². The Morgan fingerprint density at radius 1 is 1.06 bits per heavy atom. The Kier molecular flexibility index (Phi) is 8.80. The van der Waals surface area contributed by atoms with Crippen molar-refractivity contribution in [1.82, 2.24) is 10.2 Å². The van der Waals surface area contributed by atoms with Gasteiger partial charge in [0.2, 0.25) is 11.8 Å². The maximum absolute atomic E-state index is 12.4. The molecule has 0 aromatic heterocycles. The second-order valence-corrected chi connectivity index (χ2v) is 7.99. The number of piperazine rings is 1. The van der Waals surface area contributed by atoms with Crippen LogP contribution in [-0.4, -0.2) is 48.9 Å². The predicted octanol–water partition coefficient (Wildman–Crippen LogP) is 2.94. The van der Waals surface area contributed by atoms with E-state index in [4.69, 9.17) is 4.74 Å². The average Bonchev–Trinajstić information content (AvgIpc) is 2.78. The first-order valence-corrected chi connectivity index (χ1v) is 11.1. The molecule has 0 bridgehead atoms. The standard InChI is InChI=1S/C25H31N3O4/c1-19(29)27-22-12-11-21(10-6-5-9-20-7-3-2-4-8-20)17-23(22)32-25(31)13-15-28-16-14-26-18-24(28)30/h2-4,7-8,11-12,17,26H,5-6,9-10,13-16,18H2,1H3,(H,27,29). The van der Waals surface area contributed by atoms with Crippen molar-refractivity contribution < 1.29 is 19.1 Å². The minimum Gasteiger partial charge on any atom is -0.424 e. The zero-order valence-electron chi connectivity index (χ0n) is 18.6. The molecule has 7 heteroatoms. The molecular formula is C25H31N3O4. The number of hydrogen-bond acceptors (Lipinski definition) is 5. The maximum Gasteiger partial charge on any atom is 0.313 e. The van der Waals surface area contributed by atoms with Crippen LogP contribution in [0.2, 0.25) is 0 Å². The topological polar surface area (TPSA) is 87.7 Å². The van der Waals surface area contributed by atoms with Crippen LogP contribution in [0.1, 0.15) is 37.3 Å². The highest BCUT2D eigenvalue weighted by Crippen LogP contribution is 2.27. The van der Waals surface area contributed by atoms with Gasteiger partial charge in [0.15, 0.2) is 5.75 Å². The summed E-state index contributed by atoms with van der Waals surface area (Å²) in [5.74, 6) is -0.327. The third kappa shape index (κ3) is 7.50. The van der Waals surface area contributed by atoms with E-state index in [0.717, 1.165) is 37.8 Å². The van der Waals surface area contributed by atoms with E-state index in [0.29, 0.717) is 31.1 Å². The zero-order valence-corrected chi connectivity index (χ0v) is 18.6. The number of esters is 1. The zero-order chi connectivity index (χ0) is 22.8. The molecule has 0 radical (unpaired) electrons. The van der Waals surface area contributed by atoms with E-state index in [2.05, 4.69) is 34.9 Å². The molecule has 32 heavy (non-hydrogen) atoms. The largest absolute Gasteiger partial charge is 0.424 e. The number of carbonyl (C=O) groups excluding carboxylic acids is 3. The molecule has 0 spiro atoms. The van der Waals surface area contributed by atoms with E-state index in [1.54, 1.807) is 11.0 Å². The number of anilines is 1. The molecule has 3 rings (SSSR count). The van der Waals surface area contributed by atoms with Crippen LogP contribution in [0.3, 0.4) is 0 Å². The number of nitrogens with one attached hydrogen (secondary N) is 2. The quantitative estimate of drug-likeness (QED) is 0.339. The van der Waals surface area contributed by atoms with Crippen LogP contribution in [-0.2, 0) is 27.2 Å². The van der Waals surface area contributed by atoms with Crippen LogP contribution >= 0.6 is 0 Å². The lowest BCUT2D eigenvalue weighted by molar-refractivity contribution is -0.136. The summed E-state index contributed by atoms with van der Waals surface area (Å²) in [4.78, 5) is 37.5. The van der Waals surface area contributed by atoms with Crippen LogP contribution in [0.4, 0.5) is 5.69 Å².